The predicted molar refractivity (Wildman–Crippen MR) is 129 cm³/mol. The largest absolute Gasteiger partial charge is 0.494 e. The van der Waals surface area contributed by atoms with Crippen molar-refractivity contribution in [2.45, 2.75) is 18.2 Å². The highest BCUT2D eigenvalue weighted by Gasteiger charge is 2.14. The quantitative estimate of drug-likeness (QED) is 0.485. The number of amides is 2. The highest BCUT2D eigenvalue weighted by molar-refractivity contribution is 7.90. The third-order valence-corrected chi connectivity index (χ3v) is 6.05. The minimum atomic E-state index is -3.44. The Hall–Kier alpha value is -3.36. The fourth-order valence-electron chi connectivity index (χ4n) is 3.02. The van der Waals surface area contributed by atoms with Gasteiger partial charge in [-0.2, -0.15) is 0 Å². The van der Waals surface area contributed by atoms with E-state index in [2.05, 4.69) is 10.6 Å². The molecule has 9 heteroatoms. The van der Waals surface area contributed by atoms with Gasteiger partial charge in [0.2, 0.25) is 5.91 Å². The second-order valence-electron chi connectivity index (χ2n) is 7.25. The van der Waals surface area contributed by atoms with Crippen molar-refractivity contribution in [1.82, 2.24) is 0 Å². The van der Waals surface area contributed by atoms with Crippen LogP contribution < -0.4 is 15.4 Å². The molecule has 0 atom stereocenters. The van der Waals surface area contributed by atoms with Crippen LogP contribution in [0, 0.1) is 0 Å². The Morgan fingerprint density at radius 3 is 2.33 bits per heavy atom. The average molecular weight is 487 g/mol. The molecule has 3 aromatic carbocycles. The van der Waals surface area contributed by atoms with E-state index in [0.717, 1.165) is 17.6 Å². The lowest BCUT2D eigenvalue weighted by Crippen LogP contribution is -2.15. The number of nitrogens with one attached hydrogen (secondary N) is 2. The summed E-state index contributed by atoms with van der Waals surface area (Å²) < 4.78 is 28.8. The van der Waals surface area contributed by atoms with Crippen LogP contribution in [0.3, 0.4) is 0 Å². The molecule has 0 radical (unpaired) electrons. The summed E-state index contributed by atoms with van der Waals surface area (Å²) >= 11 is 6.28. The first-order chi connectivity index (χ1) is 15.7. The number of benzene rings is 3. The number of ether oxygens (including phenoxy) is 1. The fraction of sp³-hybridized carbons (Fsp3) is 0.167. The van der Waals surface area contributed by atoms with Crippen molar-refractivity contribution in [2.75, 3.05) is 23.5 Å². The molecule has 0 bridgehead atoms. The van der Waals surface area contributed by atoms with E-state index < -0.39 is 15.7 Å². The van der Waals surface area contributed by atoms with E-state index in [9.17, 15) is 18.0 Å². The van der Waals surface area contributed by atoms with Crippen LogP contribution in [-0.4, -0.2) is 33.1 Å². The first-order valence-electron chi connectivity index (χ1n) is 10.1. The van der Waals surface area contributed by atoms with E-state index in [1.165, 1.54) is 30.3 Å². The summed E-state index contributed by atoms with van der Waals surface area (Å²) in [5.41, 5.74) is 1.83. The molecule has 172 valence electrons. The third kappa shape index (κ3) is 6.81. The molecule has 0 aliphatic carbocycles. The highest BCUT2D eigenvalue weighted by Crippen LogP contribution is 2.26. The van der Waals surface area contributed by atoms with Crippen LogP contribution in [0.4, 0.5) is 11.4 Å². The SMILES string of the molecule is CCOc1ccc(CC(=O)Nc2ccc(NC(=O)c3cccc(S(C)(=O)=O)c3)c(Cl)c2)cc1. The third-order valence-electron chi connectivity index (χ3n) is 4.62. The van der Waals surface area contributed by atoms with E-state index >= 15 is 0 Å². The molecule has 0 saturated heterocycles. The molecular formula is C24H23ClN2O5S. The number of sulfone groups is 1. The van der Waals surface area contributed by atoms with E-state index in [4.69, 9.17) is 16.3 Å². The lowest BCUT2D eigenvalue weighted by molar-refractivity contribution is -0.115. The summed E-state index contributed by atoms with van der Waals surface area (Å²) in [4.78, 5) is 24.9. The Kier molecular flexibility index (Phi) is 7.73. The molecular weight excluding hydrogens is 464 g/mol. The lowest BCUT2D eigenvalue weighted by Gasteiger charge is -2.11. The topological polar surface area (TPSA) is 102 Å². The number of hydrogen-bond donors (Lipinski definition) is 2. The number of rotatable bonds is 8. The average Bonchev–Trinajstić information content (AvgIpc) is 2.76. The van der Waals surface area contributed by atoms with Gasteiger partial charge in [0.15, 0.2) is 9.84 Å². The molecule has 7 nitrogen and oxygen atoms in total. The molecule has 3 rings (SSSR count). The number of hydrogen-bond acceptors (Lipinski definition) is 5. The van der Waals surface area contributed by atoms with Crippen molar-refractivity contribution < 1.29 is 22.7 Å². The summed E-state index contributed by atoms with van der Waals surface area (Å²) in [5, 5.41) is 5.65. The zero-order valence-electron chi connectivity index (χ0n) is 18.1. The second-order valence-corrected chi connectivity index (χ2v) is 9.67. The number of anilines is 2. The second kappa shape index (κ2) is 10.5. The molecule has 33 heavy (non-hydrogen) atoms. The van der Waals surface area contributed by atoms with Gasteiger partial charge in [0.1, 0.15) is 5.75 Å². The van der Waals surface area contributed by atoms with E-state index in [1.54, 1.807) is 12.1 Å². The summed E-state index contributed by atoms with van der Waals surface area (Å²) in [7, 11) is -3.44. The summed E-state index contributed by atoms with van der Waals surface area (Å²) in [6, 6.07) is 17.7. The zero-order chi connectivity index (χ0) is 24.0. The first-order valence-corrected chi connectivity index (χ1v) is 12.4. The van der Waals surface area contributed by atoms with Crippen LogP contribution in [-0.2, 0) is 21.1 Å². The smallest absolute Gasteiger partial charge is 0.255 e. The van der Waals surface area contributed by atoms with E-state index in [1.807, 2.05) is 31.2 Å². The molecule has 2 N–H and O–H groups in total. The Labute approximate surface area is 197 Å². The standard InChI is InChI=1S/C24H23ClN2O5S/c1-3-32-19-10-7-16(8-11-19)13-23(28)26-18-9-12-22(21(25)15-18)27-24(29)17-5-4-6-20(14-17)33(2,30)31/h4-12,14-15H,3,13H2,1-2H3,(H,26,28)(H,27,29). The summed E-state index contributed by atoms with van der Waals surface area (Å²) in [6.07, 6.45) is 1.25. The highest BCUT2D eigenvalue weighted by atomic mass is 35.5. The molecule has 2 amide bonds. The Morgan fingerprint density at radius 1 is 0.970 bits per heavy atom. The van der Waals surface area contributed by atoms with Crippen molar-refractivity contribution in [2.24, 2.45) is 0 Å². The molecule has 0 aliphatic rings. The summed E-state index contributed by atoms with van der Waals surface area (Å²) in [5.74, 6) is 0.0217. The van der Waals surface area contributed by atoms with Gasteiger partial charge < -0.3 is 15.4 Å². The molecule has 0 unspecified atom stereocenters. The molecule has 3 aromatic rings. The van der Waals surface area contributed by atoms with Gasteiger partial charge >= 0.3 is 0 Å². The maximum atomic E-state index is 12.5. The van der Waals surface area contributed by atoms with Gasteiger partial charge in [0.25, 0.3) is 5.91 Å². The minimum absolute atomic E-state index is 0.0480. The van der Waals surface area contributed by atoms with Crippen LogP contribution in [0.1, 0.15) is 22.8 Å². The van der Waals surface area contributed by atoms with E-state index in [0.29, 0.717) is 18.0 Å². The van der Waals surface area contributed by atoms with Crippen LogP contribution in [0.5, 0.6) is 5.75 Å². The zero-order valence-corrected chi connectivity index (χ0v) is 19.7. The first kappa shape index (κ1) is 24.3. The normalized spacial score (nSPS) is 11.0. The number of carbonyl (C=O) groups is 2. The van der Waals surface area contributed by atoms with Crippen molar-refractivity contribution in [3.63, 3.8) is 0 Å². The Bertz CT molecular complexity index is 1270. The molecule has 0 heterocycles. The number of halogens is 1. The van der Waals surface area contributed by atoms with Crippen molar-refractivity contribution in [1.29, 1.82) is 0 Å². The van der Waals surface area contributed by atoms with E-state index in [-0.39, 0.29) is 27.8 Å². The molecule has 0 spiro atoms. The lowest BCUT2D eigenvalue weighted by atomic mass is 10.1. The molecule has 0 fully saturated rings. The van der Waals surface area contributed by atoms with Gasteiger partial charge in [-0.25, -0.2) is 8.42 Å². The fourth-order valence-corrected chi connectivity index (χ4v) is 3.91. The predicted octanol–water partition coefficient (Wildman–Crippen LogP) is 4.58. The van der Waals surface area contributed by atoms with Crippen LogP contribution >= 0.6 is 11.6 Å². The van der Waals surface area contributed by atoms with Gasteiger partial charge in [-0.3, -0.25) is 9.59 Å². The van der Waals surface area contributed by atoms with Gasteiger partial charge in [-0.15, -0.1) is 0 Å². The van der Waals surface area contributed by atoms with Crippen LogP contribution in [0.2, 0.25) is 5.02 Å². The minimum Gasteiger partial charge on any atom is -0.494 e. The van der Waals surface area contributed by atoms with Gasteiger partial charge in [-0.05, 0) is 61.0 Å². The Morgan fingerprint density at radius 2 is 1.70 bits per heavy atom. The van der Waals surface area contributed by atoms with Gasteiger partial charge in [-0.1, -0.05) is 29.8 Å². The summed E-state index contributed by atoms with van der Waals surface area (Å²) in [6.45, 7) is 2.48. The maximum Gasteiger partial charge on any atom is 0.255 e. The van der Waals surface area contributed by atoms with Crippen LogP contribution in [0.25, 0.3) is 0 Å². The Balaban J connectivity index is 1.63. The molecule has 0 saturated carbocycles. The van der Waals surface area contributed by atoms with Crippen molar-refractivity contribution in [3.8, 4) is 5.75 Å². The van der Waals surface area contributed by atoms with Crippen LogP contribution in [0.15, 0.2) is 71.6 Å². The molecule has 0 aromatic heterocycles. The van der Waals surface area contributed by atoms with Crippen molar-refractivity contribution >= 4 is 44.6 Å². The maximum absolute atomic E-state index is 12.5. The molecule has 0 aliphatic heterocycles. The van der Waals surface area contributed by atoms with Crippen molar-refractivity contribution in [3.05, 3.63) is 82.9 Å². The monoisotopic (exact) mass is 486 g/mol. The van der Waals surface area contributed by atoms with Gasteiger partial charge in [0.05, 0.1) is 28.6 Å². The van der Waals surface area contributed by atoms with Gasteiger partial charge in [0, 0.05) is 17.5 Å². The number of carbonyl (C=O) groups excluding carboxylic acids is 2.